The maximum atomic E-state index is 12.7. The number of benzene rings is 2. The summed E-state index contributed by atoms with van der Waals surface area (Å²) in [6.07, 6.45) is 4.32. The minimum atomic E-state index is -0.198. The molecule has 0 bridgehead atoms. The molecule has 166 valence electrons. The molecule has 1 aliphatic rings. The number of rotatable bonds is 7. The van der Waals surface area contributed by atoms with Gasteiger partial charge in [-0.25, -0.2) is 0 Å². The first kappa shape index (κ1) is 22.1. The molecule has 2 N–H and O–H groups in total. The molecule has 0 atom stereocenters. The van der Waals surface area contributed by atoms with Crippen LogP contribution in [-0.2, 0) is 11.8 Å². The van der Waals surface area contributed by atoms with Crippen molar-refractivity contribution in [2.24, 2.45) is 7.05 Å². The molecule has 0 radical (unpaired) electrons. The van der Waals surface area contributed by atoms with E-state index in [1.54, 1.807) is 18.2 Å². The first-order valence-electron chi connectivity index (χ1n) is 10.8. The minimum absolute atomic E-state index is 0.142. The lowest BCUT2D eigenvalue weighted by atomic mass is 10.1. The van der Waals surface area contributed by atoms with E-state index in [1.165, 1.54) is 17.3 Å². The van der Waals surface area contributed by atoms with Gasteiger partial charge in [0.2, 0.25) is 5.91 Å². The van der Waals surface area contributed by atoms with Crippen molar-refractivity contribution in [1.82, 2.24) is 20.1 Å². The fourth-order valence-corrected chi connectivity index (χ4v) is 4.55. The van der Waals surface area contributed by atoms with Crippen LogP contribution < -0.4 is 10.6 Å². The van der Waals surface area contributed by atoms with Crippen molar-refractivity contribution in [2.75, 3.05) is 11.1 Å². The summed E-state index contributed by atoms with van der Waals surface area (Å²) in [6, 6.07) is 15.4. The molecule has 32 heavy (non-hydrogen) atoms. The van der Waals surface area contributed by atoms with E-state index >= 15 is 0 Å². The quantitative estimate of drug-likeness (QED) is 0.528. The highest BCUT2D eigenvalue weighted by molar-refractivity contribution is 7.99. The molecular formula is C24H27N5O2S. The van der Waals surface area contributed by atoms with Crippen molar-refractivity contribution in [1.29, 1.82) is 0 Å². The van der Waals surface area contributed by atoms with Crippen molar-refractivity contribution in [2.45, 2.75) is 43.8 Å². The normalized spacial score (nSPS) is 13.8. The number of aromatic nitrogens is 3. The van der Waals surface area contributed by atoms with Crippen LogP contribution in [0.25, 0.3) is 11.4 Å². The molecule has 3 aromatic rings. The van der Waals surface area contributed by atoms with Gasteiger partial charge in [0.15, 0.2) is 11.0 Å². The Morgan fingerprint density at radius 2 is 1.78 bits per heavy atom. The number of hydrogen-bond acceptors (Lipinski definition) is 5. The Labute approximate surface area is 192 Å². The lowest BCUT2D eigenvalue weighted by Crippen LogP contribution is -2.33. The fourth-order valence-electron chi connectivity index (χ4n) is 3.83. The summed E-state index contributed by atoms with van der Waals surface area (Å²) < 4.78 is 1.88. The highest BCUT2D eigenvalue weighted by Crippen LogP contribution is 2.24. The Hall–Kier alpha value is -3.13. The third-order valence-electron chi connectivity index (χ3n) is 5.61. The third kappa shape index (κ3) is 5.19. The van der Waals surface area contributed by atoms with E-state index < -0.39 is 0 Å². The molecule has 7 nitrogen and oxygen atoms in total. The second-order valence-electron chi connectivity index (χ2n) is 8.07. The lowest BCUT2D eigenvalue weighted by molar-refractivity contribution is -0.113. The zero-order valence-electron chi connectivity index (χ0n) is 18.3. The zero-order chi connectivity index (χ0) is 22.5. The highest BCUT2D eigenvalue weighted by atomic mass is 32.2. The third-order valence-corrected chi connectivity index (χ3v) is 6.63. The van der Waals surface area contributed by atoms with E-state index in [4.69, 9.17) is 0 Å². The van der Waals surface area contributed by atoms with Gasteiger partial charge in [-0.05, 0) is 31.9 Å². The Kier molecular flexibility index (Phi) is 6.90. The molecule has 1 aromatic heterocycles. The van der Waals surface area contributed by atoms with E-state index in [1.807, 2.05) is 48.9 Å². The van der Waals surface area contributed by atoms with Crippen LogP contribution in [0.5, 0.6) is 0 Å². The Bertz CT molecular complexity index is 1100. The Balaban J connectivity index is 1.38. The molecule has 2 amide bonds. The topological polar surface area (TPSA) is 88.9 Å². The van der Waals surface area contributed by atoms with Crippen molar-refractivity contribution in [3.8, 4) is 11.4 Å². The summed E-state index contributed by atoms with van der Waals surface area (Å²) in [5.74, 6) is 0.577. The standard InChI is InChI=1S/C24H27N5O2S/c1-16-11-13-17(14-12-16)22-27-28-24(29(22)2)32-15-21(30)26-20-10-6-5-9-19(20)23(31)25-18-7-3-4-8-18/h5-6,9-14,18H,3-4,7-8,15H2,1-2H3,(H,25,31)(H,26,30). The summed E-state index contributed by atoms with van der Waals surface area (Å²) in [6.45, 7) is 2.04. The maximum absolute atomic E-state index is 12.7. The number of carbonyl (C=O) groups excluding carboxylic acids is 2. The van der Waals surface area contributed by atoms with Crippen LogP contribution in [0.2, 0.25) is 0 Å². The van der Waals surface area contributed by atoms with Gasteiger partial charge in [-0.2, -0.15) is 0 Å². The van der Waals surface area contributed by atoms with Gasteiger partial charge in [0.1, 0.15) is 0 Å². The van der Waals surface area contributed by atoms with Crippen LogP contribution in [0.1, 0.15) is 41.6 Å². The number of anilines is 1. The van der Waals surface area contributed by atoms with Crippen LogP contribution >= 0.6 is 11.8 Å². The first-order valence-corrected chi connectivity index (χ1v) is 11.8. The van der Waals surface area contributed by atoms with Gasteiger partial charge in [0.25, 0.3) is 5.91 Å². The van der Waals surface area contributed by atoms with E-state index in [-0.39, 0.29) is 23.6 Å². The molecular weight excluding hydrogens is 422 g/mol. The molecule has 1 fully saturated rings. The van der Waals surface area contributed by atoms with Gasteiger partial charge in [-0.1, -0.05) is 66.6 Å². The van der Waals surface area contributed by atoms with Crippen molar-refractivity contribution in [3.05, 3.63) is 59.7 Å². The summed E-state index contributed by atoms with van der Waals surface area (Å²) in [5, 5.41) is 15.1. The number of thioether (sulfide) groups is 1. The molecule has 0 aliphatic heterocycles. The van der Waals surface area contributed by atoms with Crippen LogP contribution in [0.15, 0.2) is 53.7 Å². The number of nitrogens with one attached hydrogen (secondary N) is 2. The largest absolute Gasteiger partial charge is 0.349 e. The van der Waals surface area contributed by atoms with Crippen LogP contribution in [0.3, 0.4) is 0 Å². The number of para-hydroxylation sites is 1. The predicted molar refractivity (Wildman–Crippen MR) is 127 cm³/mol. The monoisotopic (exact) mass is 449 g/mol. The van der Waals surface area contributed by atoms with Crippen LogP contribution in [-0.4, -0.2) is 38.4 Å². The molecule has 1 saturated carbocycles. The summed E-state index contributed by atoms with van der Waals surface area (Å²) in [5.41, 5.74) is 3.16. The average Bonchev–Trinajstić information content (AvgIpc) is 3.43. The average molecular weight is 450 g/mol. The summed E-state index contributed by atoms with van der Waals surface area (Å²) >= 11 is 1.31. The van der Waals surface area contributed by atoms with Gasteiger partial charge in [0, 0.05) is 18.7 Å². The molecule has 8 heteroatoms. The molecule has 0 unspecified atom stereocenters. The number of carbonyl (C=O) groups is 2. The van der Waals surface area contributed by atoms with Crippen LogP contribution in [0, 0.1) is 6.92 Å². The molecule has 0 saturated heterocycles. The van der Waals surface area contributed by atoms with Crippen LogP contribution in [0.4, 0.5) is 5.69 Å². The Morgan fingerprint density at radius 3 is 2.53 bits per heavy atom. The molecule has 1 heterocycles. The maximum Gasteiger partial charge on any atom is 0.253 e. The molecule has 2 aromatic carbocycles. The zero-order valence-corrected chi connectivity index (χ0v) is 19.1. The van der Waals surface area contributed by atoms with Gasteiger partial charge in [-0.3, -0.25) is 9.59 Å². The second kappa shape index (κ2) is 9.99. The summed E-state index contributed by atoms with van der Waals surface area (Å²) in [7, 11) is 1.89. The van der Waals surface area contributed by atoms with Crippen molar-refractivity contribution >= 4 is 29.3 Å². The van der Waals surface area contributed by atoms with Gasteiger partial charge in [0.05, 0.1) is 17.0 Å². The van der Waals surface area contributed by atoms with E-state index in [9.17, 15) is 9.59 Å². The van der Waals surface area contributed by atoms with Crippen molar-refractivity contribution in [3.63, 3.8) is 0 Å². The van der Waals surface area contributed by atoms with E-state index in [2.05, 4.69) is 20.8 Å². The minimum Gasteiger partial charge on any atom is -0.349 e. The highest BCUT2D eigenvalue weighted by Gasteiger charge is 2.20. The van der Waals surface area contributed by atoms with E-state index in [0.29, 0.717) is 16.4 Å². The number of hydrogen-bond donors (Lipinski definition) is 2. The van der Waals surface area contributed by atoms with Gasteiger partial charge >= 0.3 is 0 Å². The second-order valence-corrected chi connectivity index (χ2v) is 9.01. The van der Waals surface area contributed by atoms with Gasteiger partial charge < -0.3 is 15.2 Å². The number of nitrogens with zero attached hydrogens (tertiary/aromatic N) is 3. The molecule has 1 aliphatic carbocycles. The predicted octanol–water partition coefficient (Wildman–Crippen LogP) is 4.19. The Morgan fingerprint density at radius 1 is 1.06 bits per heavy atom. The van der Waals surface area contributed by atoms with Crippen molar-refractivity contribution < 1.29 is 9.59 Å². The first-order chi connectivity index (χ1) is 15.5. The SMILES string of the molecule is Cc1ccc(-c2nnc(SCC(=O)Nc3ccccc3C(=O)NC3CCCC3)n2C)cc1. The molecule has 0 spiro atoms. The van der Waals surface area contributed by atoms with E-state index in [0.717, 1.165) is 37.1 Å². The number of aryl methyl sites for hydroxylation is 1. The fraction of sp³-hybridized carbons (Fsp3) is 0.333. The number of amides is 2. The van der Waals surface area contributed by atoms with Gasteiger partial charge in [-0.15, -0.1) is 10.2 Å². The lowest BCUT2D eigenvalue weighted by Gasteiger charge is -2.15. The smallest absolute Gasteiger partial charge is 0.253 e. The summed E-state index contributed by atoms with van der Waals surface area (Å²) in [4.78, 5) is 25.3. The molecule has 4 rings (SSSR count).